The summed E-state index contributed by atoms with van der Waals surface area (Å²) in [5, 5.41) is 8.48. The van der Waals surface area contributed by atoms with E-state index < -0.39 is 0 Å². The van der Waals surface area contributed by atoms with Crippen molar-refractivity contribution in [3.63, 3.8) is 0 Å². The molecule has 0 aliphatic heterocycles. The Morgan fingerprint density at radius 1 is 1.14 bits per heavy atom. The molecule has 1 aromatic carbocycles. The summed E-state index contributed by atoms with van der Waals surface area (Å²) in [4.78, 5) is 22.7. The molecule has 152 valence electrons. The number of allylic oxidation sites excluding steroid dienone is 1. The number of nitrogens with zero attached hydrogens (tertiary/aromatic N) is 2. The first kappa shape index (κ1) is 21.7. The van der Waals surface area contributed by atoms with Crippen LogP contribution in [0.25, 0.3) is 5.57 Å². The van der Waals surface area contributed by atoms with Crippen LogP contribution in [0.4, 0.5) is 0 Å². The Labute approximate surface area is 167 Å². The molecule has 0 radical (unpaired) electrons. The fourth-order valence-corrected chi connectivity index (χ4v) is 3.56. The third-order valence-electron chi connectivity index (χ3n) is 4.98. The Kier molecular flexibility index (Phi) is 8.72. The maximum Gasteiger partial charge on any atom is 0.338 e. The average molecular weight is 386 g/mol. The number of carbonyl (C=O) groups is 1. The van der Waals surface area contributed by atoms with Gasteiger partial charge in [0, 0.05) is 11.5 Å². The molecule has 1 fully saturated rings. The minimum Gasteiger partial charge on any atom is -0.465 e. The van der Waals surface area contributed by atoms with Crippen molar-refractivity contribution in [2.75, 3.05) is 14.2 Å². The van der Waals surface area contributed by atoms with Crippen LogP contribution >= 0.6 is 0 Å². The number of esters is 1. The van der Waals surface area contributed by atoms with Gasteiger partial charge in [-0.1, -0.05) is 59.9 Å². The van der Waals surface area contributed by atoms with Gasteiger partial charge in [-0.15, -0.1) is 0 Å². The van der Waals surface area contributed by atoms with Crippen molar-refractivity contribution in [3.8, 4) is 0 Å². The van der Waals surface area contributed by atoms with E-state index in [0.29, 0.717) is 11.5 Å². The molecule has 0 atom stereocenters. The second-order valence-corrected chi connectivity index (χ2v) is 6.80. The van der Waals surface area contributed by atoms with E-state index in [-0.39, 0.29) is 12.6 Å². The van der Waals surface area contributed by atoms with E-state index in [0.717, 1.165) is 35.4 Å². The maximum absolute atomic E-state index is 12.0. The molecule has 6 nitrogen and oxygen atoms in total. The van der Waals surface area contributed by atoms with Crippen LogP contribution in [0, 0.1) is 5.92 Å². The molecule has 0 amide bonds. The average Bonchev–Trinajstić information content (AvgIpc) is 2.73. The van der Waals surface area contributed by atoms with E-state index in [1.807, 2.05) is 38.1 Å². The predicted molar refractivity (Wildman–Crippen MR) is 111 cm³/mol. The topological polar surface area (TPSA) is 69.5 Å². The molecule has 6 heteroatoms. The summed E-state index contributed by atoms with van der Waals surface area (Å²) in [6, 6.07) is 7.58. The molecule has 1 aromatic rings. The van der Waals surface area contributed by atoms with E-state index in [9.17, 15) is 4.79 Å². The number of ether oxygens (including phenoxy) is 1. The maximum atomic E-state index is 12.0. The Morgan fingerprint density at radius 3 is 2.50 bits per heavy atom. The van der Waals surface area contributed by atoms with Gasteiger partial charge in [0.25, 0.3) is 0 Å². The van der Waals surface area contributed by atoms with Crippen molar-refractivity contribution in [3.05, 3.63) is 41.5 Å². The van der Waals surface area contributed by atoms with Crippen molar-refractivity contribution < 1.29 is 19.2 Å². The normalized spacial score (nSPS) is 16.6. The number of methoxy groups -OCH3 is 1. The van der Waals surface area contributed by atoms with Crippen LogP contribution in [0.1, 0.15) is 57.1 Å². The lowest BCUT2D eigenvalue weighted by atomic mass is 9.84. The highest BCUT2D eigenvalue weighted by Gasteiger charge is 2.22. The summed E-state index contributed by atoms with van der Waals surface area (Å²) < 4.78 is 4.88. The van der Waals surface area contributed by atoms with E-state index in [1.165, 1.54) is 26.4 Å². The van der Waals surface area contributed by atoms with Crippen molar-refractivity contribution in [2.45, 2.75) is 52.6 Å². The molecular weight excluding hydrogens is 356 g/mol. The summed E-state index contributed by atoms with van der Waals surface area (Å²) in [5.41, 5.74) is 3.74. The zero-order valence-corrected chi connectivity index (χ0v) is 17.2. The molecule has 0 spiro atoms. The zero-order valence-electron chi connectivity index (χ0n) is 17.2. The Hall–Kier alpha value is -2.63. The van der Waals surface area contributed by atoms with E-state index in [4.69, 9.17) is 14.4 Å². The molecule has 0 heterocycles. The van der Waals surface area contributed by atoms with Gasteiger partial charge in [0.1, 0.15) is 25.1 Å². The molecule has 2 rings (SSSR count). The molecule has 0 aromatic heterocycles. The summed E-state index contributed by atoms with van der Waals surface area (Å²) in [5.74, 6) is -0.0104. The van der Waals surface area contributed by atoms with Crippen LogP contribution in [-0.2, 0) is 25.8 Å². The van der Waals surface area contributed by atoms with E-state index in [2.05, 4.69) is 10.3 Å². The van der Waals surface area contributed by atoms with Gasteiger partial charge < -0.3 is 14.4 Å². The largest absolute Gasteiger partial charge is 0.465 e. The lowest BCUT2D eigenvalue weighted by molar-refractivity contribution is -0.133. The lowest BCUT2D eigenvalue weighted by Gasteiger charge is -2.22. The monoisotopic (exact) mass is 386 g/mol. The van der Waals surface area contributed by atoms with Crippen LogP contribution in [0.2, 0.25) is 0 Å². The Morgan fingerprint density at radius 2 is 1.86 bits per heavy atom. The minimum atomic E-state index is -0.374. The fraction of sp³-hybridized carbons (Fsp3) is 0.500. The summed E-state index contributed by atoms with van der Waals surface area (Å²) in [6.07, 6.45) is 7.62. The van der Waals surface area contributed by atoms with Gasteiger partial charge in [0.05, 0.1) is 12.7 Å². The van der Waals surface area contributed by atoms with Crippen molar-refractivity contribution in [1.29, 1.82) is 0 Å². The van der Waals surface area contributed by atoms with E-state index in [1.54, 1.807) is 13.2 Å². The molecule has 1 saturated carbocycles. The van der Waals surface area contributed by atoms with Crippen LogP contribution < -0.4 is 0 Å². The van der Waals surface area contributed by atoms with Gasteiger partial charge >= 0.3 is 5.97 Å². The molecule has 0 bridgehead atoms. The lowest BCUT2D eigenvalue weighted by Crippen LogP contribution is -2.25. The summed E-state index contributed by atoms with van der Waals surface area (Å²) in [6.45, 7) is 3.95. The fourth-order valence-electron chi connectivity index (χ4n) is 3.56. The molecule has 0 saturated heterocycles. The Balaban J connectivity index is 2.13. The minimum absolute atomic E-state index is 0.243. The number of hydrogen-bond donors (Lipinski definition) is 0. The van der Waals surface area contributed by atoms with Gasteiger partial charge in [0.2, 0.25) is 0 Å². The molecule has 28 heavy (non-hydrogen) atoms. The van der Waals surface area contributed by atoms with Crippen LogP contribution in [0.5, 0.6) is 0 Å². The zero-order chi connectivity index (χ0) is 20.4. The number of carbonyl (C=O) groups excluding carboxylic acids is 1. The smallest absolute Gasteiger partial charge is 0.338 e. The number of hydrogen-bond acceptors (Lipinski definition) is 6. The van der Waals surface area contributed by atoms with Crippen LogP contribution in [0.3, 0.4) is 0 Å². The quantitative estimate of drug-likeness (QED) is 0.280. The molecule has 0 N–H and O–H groups in total. The predicted octanol–water partition coefficient (Wildman–Crippen LogP) is 4.74. The van der Waals surface area contributed by atoms with Gasteiger partial charge in [-0.2, -0.15) is 0 Å². The summed E-state index contributed by atoms with van der Waals surface area (Å²) >= 11 is 0. The molecular formula is C22H30N2O4. The third kappa shape index (κ3) is 5.68. The summed E-state index contributed by atoms with van der Waals surface area (Å²) in [7, 11) is 2.93. The van der Waals surface area contributed by atoms with Gasteiger partial charge in [-0.25, -0.2) is 4.79 Å². The van der Waals surface area contributed by atoms with Gasteiger partial charge in [-0.05, 0) is 32.3 Å². The first-order valence-electron chi connectivity index (χ1n) is 9.73. The molecule has 0 unspecified atom stereocenters. The number of rotatable bonds is 8. The highest BCUT2D eigenvalue weighted by Crippen LogP contribution is 2.26. The van der Waals surface area contributed by atoms with Crippen LogP contribution in [-0.4, -0.2) is 31.6 Å². The third-order valence-corrected chi connectivity index (χ3v) is 4.98. The van der Waals surface area contributed by atoms with E-state index >= 15 is 0 Å². The SMILES string of the molecule is C/C=C(/C(=O)OC)c1ccccc1CO/N=C(C)/C(=N/OC)C1CCCCC1. The molecule has 1 aliphatic rings. The second-order valence-electron chi connectivity index (χ2n) is 6.80. The highest BCUT2D eigenvalue weighted by atomic mass is 16.6. The number of benzene rings is 1. The van der Waals surface area contributed by atoms with Crippen molar-refractivity contribution in [1.82, 2.24) is 0 Å². The first-order valence-corrected chi connectivity index (χ1v) is 9.73. The number of oxime groups is 2. The van der Waals surface area contributed by atoms with Crippen molar-refractivity contribution in [2.24, 2.45) is 16.2 Å². The first-order chi connectivity index (χ1) is 13.6. The Bertz CT molecular complexity index is 747. The standard InChI is InChI=1S/C22H30N2O4/c1-5-19(22(25)26-3)20-14-10-9-13-18(20)15-28-23-16(2)21(24-27-4)17-11-7-6-8-12-17/h5,9-10,13-14,17H,6-8,11-12,15H2,1-4H3/b19-5+,23-16+,24-21-. The van der Waals surface area contributed by atoms with Gasteiger partial charge in [-0.3, -0.25) is 0 Å². The molecule has 1 aliphatic carbocycles. The highest BCUT2D eigenvalue weighted by molar-refractivity contribution is 6.42. The van der Waals surface area contributed by atoms with Crippen molar-refractivity contribution >= 4 is 23.0 Å². The van der Waals surface area contributed by atoms with Gasteiger partial charge in [0.15, 0.2) is 0 Å². The van der Waals surface area contributed by atoms with Crippen LogP contribution in [0.15, 0.2) is 40.7 Å². The second kappa shape index (κ2) is 11.3.